The number of nitrogens with one attached hydrogen (secondary N) is 1. The summed E-state index contributed by atoms with van der Waals surface area (Å²) in [4.78, 5) is 13.6. The number of carbonyl (C=O) groups excluding carboxylic acids is 1. The first-order valence-electron chi connectivity index (χ1n) is 4.90. The zero-order chi connectivity index (χ0) is 10.6. The Morgan fingerprint density at radius 3 is 2.93 bits per heavy atom. The number of piperazine rings is 1. The highest BCUT2D eigenvalue weighted by Gasteiger charge is 2.26. The highest BCUT2D eigenvalue weighted by atomic mass is 32.2. The van der Waals surface area contributed by atoms with Crippen LogP contribution in [0, 0.1) is 0 Å². The third-order valence-corrected chi connectivity index (χ3v) is 3.07. The quantitative estimate of drug-likeness (QED) is 0.698. The van der Waals surface area contributed by atoms with Crippen molar-refractivity contribution in [2.24, 2.45) is 0 Å². The standard InChI is InChI=1S/C10H18N2OS/c1-8-9(2)12(6-5-11-8)10(13)4-7-14-3/h4,7-9,11H,5-6H2,1-3H3/b7-4+. The summed E-state index contributed by atoms with van der Waals surface area (Å²) < 4.78 is 0. The topological polar surface area (TPSA) is 32.3 Å². The van der Waals surface area contributed by atoms with Gasteiger partial charge in [-0.25, -0.2) is 0 Å². The van der Waals surface area contributed by atoms with Crippen molar-refractivity contribution in [3.8, 4) is 0 Å². The number of carbonyl (C=O) groups is 1. The van der Waals surface area contributed by atoms with Gasteiger partial charge in [0.15, 0.2) is 0 Å². The molecule has 2 atom stereocenters. The summed E-state index contributed by atoms with van der Waals surface area (Å²) in [5, 5.41) is 5.18. The molecule has 0 aromatic heterocycles. The van der Waals surface area contributed by atoms with Crippen molar-refractivity contribution >= 4 is 17.7 Å². The molecule has 1 N–H and O–H groups in total. The van der Waals surface area contributed by atoms with E-state index in [-0.39, 0.29) is 11.9 Å². The van der Waals surface area contributed by atoms with Crippen LogP contribution in [0.2, 0.25) is 0 Å². The summed E-state index contributed by atoms with van der Waals surface area (Å²) in [6.07, 6.45) is 3.60. The molecule has 0 spiro atoms. The molecule has 3 nitrogen and oxygen atoms in total. The molecule has 0 aromatic rings. The highest BCUT2D eigenvalue weighted by Crippen LogP contribution is 2.10. The molecule has 0 aromatic carbocycles. The van der Waals surface area contributed by atoms with Gasteiger partial charge >= 0.3 is 0 Å². The fourth-order valence-electron chi connectivity index (χ4n) is 1.59. The van der Waals surface area contributed by atoms with E-state index in [4.69, 9.17) is 0 Å². The average molecular weight is 214 g/mol. The van der Waals surface area contributed by atoms with E-state index in [1.165, 1.54) is 0 Å². The van der Waals surface area contributed by atoms with Gasteiger partial charge in [0.1, 0.15) is 0 Å². The second-order valence-corrected chi connectivity index (χ2v) is 4.30. The fourth-order valence-corrected chi connectivity index (χ4v) is 1.84. The largest absolute Gasteiger partial charge is 0.334 e. The SMILES string of the molecule is CS/C=C/C(=O)N1CCNC(C)C1C. The zero-order valence-corrected chi connectivity index (χ0v) is 9.80. The number of hydrogen-bond acceptors (Lipinski definition) is 3. The van der Waals surface area contributed by atoms with E-state index in [2.05, 4.69) is 19.2 Å². The van der Waals surface area contributed by atoms with Crippen LogP contribution < -0.4 is 5.32 Å². The molecule has 1 aliphatic rings. The maximum Gasteiger partial charge on any atom is 0.247 e. The summed E-state index contributed by atoms with van der Waals surface area (Å²) in [5.74, 6) is 0.125. The number of nitrogens with zero attached hydrogens (tertiary/aromatic N) is 1. The summed E-state index contributed by atoms with van der Waals surface area (Å²) in [5.41, 5.74) is 0. The zero-order valence-electron chi connectivity index (χ0n) is 8.99. The van der Waals surface area contributed by atoms with Crippen LogP contribution in [-0.2, 0) is 4.79 Å². The van der Waals surface area contributed by atoms with Crippen molar-refractivity contribution in [2.45, 2.75) is 25.9 Å². The molecular weight excluding hydrogens is 196 g/mol. The Morgan fingerprint density at radius 1 is 1.57 bits per heavy atom. The molecule has 0 saturated carbocycles. The predicted octanol–water partition coefficient (Wildman–Crippen LogP) is 1.07. The molecule has 1 amide bonds. The van der Waals surface area contributed by atoms with Crippen molar-refractivity contribution in [3.63, 3.8) is 0 Å². The Morgan fingerprint density at radius 2 is 2.29 bits per heavy atom. The lowest BCUT2D eigenvalue weighted by molar-refractivity contribution is -0.129. The van der Waals surface area contributed by atoms with E-state index < -0.39 is 0 Å². The van der Waals surface area contributed by atoms with Gasteiger partial charge in [-0.2, -0.15) is 0 Å². The van der Waals surface area contributed by atoms with Crippen molar-refractivity contribution in [1.82, 2.24) is 10.2 Å². The minimum Gasteiger partial charge on any atom is -0.334 e. The van der Waals surface area contributed by atoms with E-state index in [1.54, 1.807) is 17.8 Å². The lowest BCUT2D eigenvalue weighted by Gasteiger charge is -2.38. The molecule has 0 bridgehead atoms. The smallest absolute Gasteiger partial charge is 0.247 e. The summed E-state index contributed by atoms with van der Waals surface area (Å²) in [6, 6.07) is 0.665. The first-order valence-corrected chi connectivity index (χ1v) is 6.19. The minimum absolute atomic E-state index is 0.125. The molecule has 1 fully saturated rings. The molecule has 1 aliphatic heterocycles. The van der Waals surface area contributed by atoms with Crippen molar-refractivity contribution in [3.05, 3.63) is 11.5 Å². The number of hydrogen-bond donors (Lipinski definition) is 1. The molecule has 2 unspecified atom stereocenters. The van der Waals surface area contributed by atoms with Crippen LogP contribution in [0.1, 0.15) is 13.8 Å². The summed E-state index contributed by atoms with van der Waals surface area (Å²) in [7, 11) is 0. The van der Waals surface area contributed by atoms with Crippen molar-refractivity contribution < 1.29 is 4.79 Å². The van der Waals surface area contributed by atoms with Crippen molar-refractivity contribution in [2.75, 3.05) is 19.3 Å². The summed E-state index contributed by atoms with van der Waals surface area (Å²) in [6.45, 7) is 5.90. The van der Waals surface area contributed by atoms with Gasteiger partial charge in [-0.1, -0.05) is 0 Å². The van der Waals surface area contributed by atoms with Gasteiger partial charge in [-0.15, -0.1) is 11.8 Å². The molecule has 0 radical (unpaired) electrons. The molecule has 4 heteroatoms. The molecule has 1 rings (SSSR count). The Hall–Kier alpha value is -0.480. The van der Waals surface area contributed by atoms with Crippen LogP contribution in [0.4, 0.5) is 0 Å². The van der Waals surface area contributed by atoms with Gasteiger partial charge in [-0.05, 0) is 25.5 Å². The Labute approximate surface area is 89.9 Å². The molecule has 14 heavy (non-hydrogen) atoms. The second kappa shape index (κ2) is 5.41. The van der Waals surface area contributed by atoms with Crippen molar-refractivity contribution in [1.29, 1.82) is 0 Å². The molecule has 80 valence electrons. The van der Waals surface area contributed by atoms with E-state index in [0.29, 0.717) is 6.04 Å². The predicted molar refractivity (Wildman–Crippen MR) is 61.3 cm³/mol. The lowest BCUT2D eigenvalue weighted by Crippen LogP contribution is -2.56. The first kappa shape index (κ1) is 11.6. The van der Waals surface area contributed by atoms with Crippen LogP contribution >= 0.6 is 11.8 Å². The van der Waals surface area contributed by atoms with Gasteiger partial charge in [0, 0.05) is 31.2 Å². The first-order chi connectivity index (χ1) is 6.66. The van der Waals surface area contributed by atoms with E-state index in [9.17, 15) is 4.79 Å². The third kappa shape index (κ3) is 2.75. The Kier molecular flexibility index (Phi) is 4.48. The Balaban J connectivity index is 2.57. The van der Waals surface area contributed by atoms with Crippen LogP contribution in [-0.4, -0.2) is 42.2 Å². The molecular formula is C10H18N2OS. The van der Waals surface area contributed by atoms with Gasteiger partial charge in [-0.3, -0.25) is 4.79 Å². The normalized spacial score (nSPS) is 28.4. The lowest BCUT2D eigenvalue weighted by atomic mass is 10.1. The molecule has 1 heterocycles. The maximum atomic E-state index is 11.7. The van der Waals surface area contributed by atoms with Crippen LogP contribution in [0.15, 0.2) is 11.5 Å². The number of thioether (sulfide) groups is 1. The second-order valence-electron chi connectivity index (χ2n) is 3.55. The monoisotopic (exact) mass is 214 g/mol. The average Bonchev–Trinajstić information content (AvgIpc) is 2.18. The van der Waals surface area contributed by atoms with Gasteiger partial charge in [0.2, 0.25) is 5.91 Å². The van der Waals surface area contributed by atoms with Crippen LogP contribution in [0.25, 0.3) is 0 Å². The highest BCUT2D eigenvalue weighted by molar-refractivity contribution is 8.01. The van der Waals surface area contributed by atoms with Gasteiger partial charge in [0.25, 0.3) is 0 Å². The number of rotatable bonds is 2. The van der Waals surface area contributed by atoms with Gasteiger partial charge < -0.3 is 10.2 Å². The van der Waals surface area contributed by atoms with Crippen LogP contribution in [0.5, 0.6) is 0 Å². The summed E-state index contributed by atoms with van der Waals surface area (Å²) >= 11 is 1.55. The van der Waals surface area contributed by atoms with E-state index >= 15 is 0 Å². The Bertz CT molecular complexity index is 230. The third-order valence-electron chi connectivity index (χ3n) is 2.66. The fraction of sp³-hybridized carbons (Fsp3) is 0.700. The maximum absolute atomic E-state index is 11.7. The molecule has 1 saturated heterocycles. The van der Waals surface area contributed by atoms with E-state index in [0.717, 1.165) is 13.1 Å². The van der Waals surface area contributed by atoms with E-state index in [1.807, 2.05) is 16.6 Å². The van der Waals surface area contributed by atoms with Gasteiger partial charge in [0.05, 0.1) is 0 Å². The van der Waals surface area contributed by atoms with Crippen LogP contribution in [0.3, 0.4) is 0 Å². The minimum atomic E-state index is 0.125. The number of amides is 1. The molecule has 0 aliphatic carbocycles.